The van der Waals surface area contributed by atoms with Gasteiger partial charge in [0, 0.05) is 12.1 Å². The van der Waals surface area contributed by atoms with E-state index in [-0.39, 0.29) is 12.4 Å². The largest absolute Gasteiger partial charge is 0.330 e. The lowest BCUT2D eigenvalue weighted by Crippen LogP contribution is -2.35. The molecule has 1 aromatic carbocycles. The van der Waals surface area contributed by atoms with Gasteiger partial charge in [0.25, 0.3) is 0 Å². The minimum absolute atomic E-state index is 0. The van der Waals surface area contributed by atoms with Gasteiger partial charge in [-0.2, -0.15) is 0 Å². The van der Waals surface area contributed by atoms with Gasteiger partial charge in [0.2, 0.25) is 0 Å². The number of nitrogens with two attached hydrogens (primary N) is 1. The fraction of sp³-hybridized carbons (Fsp3) is 0.538. The standard InChI is InChI=1S/C13H18F2N2.ClH/c14-12-3-1-2-11(13(12)15)9-17-6-4-10(8-16)5-7-17;/h1-3,10H,4-9,16H2;1H. The van der Waals surface area contributed by atoms with E-state index in [9.17, 15) is 8.78 Å². The van der Waals surface area contributed by atoms with Crippen LogP contribution >= 0.6 is 12.4 Å². The third kappa shape index (κ3) is 3.64. The molecule has 1 aromatic rings. The van der Waals surface area contributed by atoms with E-state index in [1.54, 1.807) is 12.1 Å². The molecule has 1 aliphatic rings. The minimum Gasteiger partial charge on any atom is -0.330 e. The van der Waals surface area contributed by atoms with Crippen LogP contribution in [0.25, 0.3) is 0 Å². The third-order valence-electron chi connectivity index (χ3n) is 3.47. The van der Waals surface area contributed by atoms with Gasteiger partial charge >= 0.3 is 0 Å². The van der Waals surface area contributed by atoms with Crippen LogP contribution in [0, 0.1) is 17.6 Å². The van der Waals surface area contributed by atoms with E-state index >= 15 is 0 Å². The van der Waals surface area contributed by atoms with Crippen LogP contribution in [0.1, 0.15) is 18.4 Å². The summed E-state index contributed by atoms with van der Waals surface area (Å²) in [6.07, 6.45) is 2.10. The molecule has 0 spiro atoms. The first-order valence-corrected chi connectivity index (χ1v) is 6.06. The van der Waals surface area contributed by atoms with Crippen LogP contribution in [0.5, 0.6) is 0 Å². The van der Waals surface area contributed by atoms with Crippen molar-refractivity contribution < 1.29 is 8.78 Å². The number of nitrogens with zero attached hydrogens (tertiary/aromatic N) is 1. The van der Waals surface area contributed by atoms with Crippen LogP contribution in [0.4, 0.5) is 8.78 Å². The predicted molar refractivity (Wildman–Crippen MR) is 70.7 cm³/mol. The molecule has 0 saturated carbocycles. The zero-order valence-corrected chi connectivity index (χ0v) is 11.1. The molecule has 0 unspecified atom stereocenters. The highest BCUT2D eigenvalue weighted by Gasteiger charge is 2.19. The highest BCUT2D eigenvalue weighted by molar-refractivity contribution is 5.85. The molecule has 0 radical (unpaired) electrons. The van der Waals surface area contributed by atoms with Gasteiger partial charge in [-0.05, 0) is 44.5 Å². The Hall–Kier alpha value is -0.710. The van der Waals surface area contributed by atoms with Gasteiger partial charge in [0.1, 0.15) is 0 Å². The fourth-order valence-corrected chi connectivity index (χ4v) is 2.29. The quantitative estimate of drug-likeness (QED) is 0.919. The van der Waals surface area contributed by atoms with Crippen molar-refractivity contribution in [2.75, 3.05) is 19.6 Å². The smallest absolute Gasteiger partial charge is 0.163 e. The Morgan fingerprint density at radius 3 is 2.50 bits per heavy atom. The van der Waals surface area contributed by atoms with Crippen LogP contribution in [-0.4, -0.2) is 24.5 Å². The van der Waals surface area contributed by atoms with Crippen LogP contribution in [0.2, 0.25) is 0 Å². The number of hydrogen-bond donors (Lipinski definition) is 1. The SMILES string of the molecule is Cl.NCC1CCN(Cc2cccc(F)c2F)CC1. The Bertz CT molecular complexity index is 379. The number of piperidine rings is 1. The molecule has 0 bridgehead atoms. The molecule has 0 aliphatic carbocycles. The van der Waals surface area contributed by atoms with Gasteiger partial charge in [-0.25, -0.2) is 8.78 Å². The number of hydrogen-bond acceptors (Lipinski definition) is 2. The van der Waals surface area contributed by atoms with Crippen molar-refractivity contribution in [3.8, 4) is 0 Å². The Labute approximate surface area is 113 Å². The zero-order chi connectivity index (χ0) is 12.3. The van der Waals surface area contributed by atoms with Crippen LogP contribution in [-0.2, 0) is 6.54 Å². The molecule has 2 rings (SSSR count). The van der Waals surface area contributed by atoms with Gasteiger partial charge in [0.05, 0.1) is 0 Å². The zero-order valence-electron chi connectivity index (χ0n) is 10.2. The molecule has 1 saturated heterocycles. The normalized spacial score (nSPS) is 17.5. The molecule has 1 heterocycles. The molecule has 2 nitrogen and oxygen atoms in total. The van der Waals surface area contributed by atoms with Crippen molar-refractivity contribution >= 4 is 12.4 Å². The second-order valence-electron chi connectivity index (χ2n) is 4.67. The molecule has 2 N–H and O–H groups in total. The van der Waals surface area contributed by atoms with Gasteiger partial charge < -0.3 is 5.73 Å². The lowest BCUT2D eigenvalue weighted by Gasteiger charge is -2.31. The lowest BCUT2D eigenvalue weighted by molar-refractivity contribution is 0.178. The molecule has 0 atom stereocenters. The summed E-state index contributed by atoms with van der Waals surface area (Å²) in [5.41, 5.74) is 6.06. The Morgan fingerprint density at radius 1 is 1.22 bits per heavy atom. The first-order chi connectivity index (χ1) is 8.20. The first kappa shape index (κ1) is 15.3. The predicted octanol–water partition coefficient (Wildman–Crippen LogP) is 2.56. The average Bonchev–Trinajstić information content (AvgIpc) is 2.36. The number of rotatable bonds is 3. The third-order valence-corrected chi connectivity index (χ3v) is 3.47. The number of likely N-dealkylation sites (tertiary alicyclic amines) is 1. The maximum absolute atomic E-state index is 13.5. The maximum Gasteiger partial charge on any atom is 0.163 e. The minimum atomic E-state index is -0.764. The molecule has 0 amide bonds. The molecule has 5 heteroatoms. The second kappa shape index (κ2) is 7.02. The Balaban J connectivity index is 0.00000162. The summed E-state index contributed by atoms with van der Waals surface area (Å²) in [5.74, 6) is -0.892. The summed E-state index contributed by atoms with van der Waals surface area (Å²) in [6.45, 7) is 3.04. The van der Waals surface area contributed by atoms with Crippen molar-refractivity contribution in [3.63, 3.8) is 0 Å². The van der Waals surface area contributed by atoms with Gasteiger partial charge in [-0.15, -0.1) is 12.4 Å². The molecule has 0 aromatic heterocycles. The van der Waals surface area contributed by atoms with Crippen molar-refractivity contribution in [2.24, 2.45) is 11.7 Å². The van der Waals surface area contributed by atoms with Crippen molar-refractivity contribution in [1.82, 2.24) is 4.90 Å². The number of benzene rings is 1. The van der Waals surface area contributed by atoms with E-state index in [2.05, 4.69) is 4.90 Å². The van der Waals surface area contributed by atoms with Crippen LogP contribution in [0.3, 0.4) is 0 Å². The average molecular weight is 277 g/mol. The summed E-state index contributed by atoms with van der Waals surface area (Å²) in [7, 11) is 0. The van der Waals surface area contributed by atoms with E-state index in [4.69, 9.17) is 5.73 Å². The van der Waals surface area contributed by atoms with Crippen molar-refractivity contribution in [1.29, 1.82) is 0 Å². The highest BCUT2D eigenvalue weighted by atomic mass is 35.5. The van der Waals surface area contributed by atoms with Crippen molar-refractivity contribution in [2.45, 2.75) is 19.4 Å². The molecule has 1 aliphatic heterocycles. The molecular weight excluding hydrogens is 258 g/mol. The topological polar surface area (TPSA) is 29.3 Å². The fourth-order valence-electron chi connectivity index (χ4n) is 2.29. The van der Waals surface area contributed by atoms with E-state index in [1.165, 1.54) is 0 Å². The van der Waals surface area contributed by atoms with E-state index in [1.807, 2.05) is 0 Å². The summed E-state index contributed by atoms with van der Waals surface area (Å²) in [6, 6.07) is 4.35. The van der Waals surface area contributed by atoms with E-state index < -0.39 is 11.6 Å². The van der Waals surface area contributed by atoms with E-state index in [0.717, 1.165) is 38.5 Å². The molecule has 18 heavy (non-hydrogen) atoms. The molecule has 102 valence electrons. The molecule has 1 fully saturated rings. The summed E-state index contributed by atoms with van der Waals surface area (Å²) < 4.78 is 26.5. The van der Waals surface area contributed by atoms with Gasteiger partial charge in [-0.1, -0.05) is 12.1 Å². The van der Waals surface area contributed by atoms with Crippen LogP contribution in [0.15, 0.2) is 18.2 Å². The Kier molecular flexibility index (Phi) is 5.99. The lowest BCUT2D eigenvalue weighted by atomic mass is 9.97. The maximum atomic E-state index is 13.5. The summed E-state index contributed by atoms with van der Waals surface area (Å²) in [4.78, 5) is 2.16. The highest BCUT2D eigenvalue weighted by Crippen LogP contribution is 2.19. The summed E-state index contributed by atoms with van der Waals surface area (Å²) in [5, 5.41) is 0. The molecular formula is C13H19ClF2N2. The second-order valence-corrected chi connectivity index (χ2v) is 4.67. The number of halogens is 3. The van der Waals surface area contributed by atoms with Crippen molar-refractivity contribution in [3.05, 3.63) is 35.4 Å². The van der Waals surface area contributed by atoms with Gasteiger partial charge in [-0.3, -0.25) is 4.90 Å². The van der Waals surface area contributed by atoms with E-state index in [0.29, 0.717) is 18.0 Å². The first-order valence-electron chi connectivity index (χ1n) is 6.06. The van der Waals surface area contributed by atoms with Crippen LogP contribution < -0.4 is 5.73 Å². The monoisotopic (exact) mass is 276 g/mol. The van der Waals surface area contributed by atoms with Gasteiger partial charge in [0.15, 0.2) is 11.6 Å². The Morgan fingerprint density at radius 2 is 1.89 bits per heavy atom. The summed E-state index contributed by atoms with van der Waals surface area (Å²) >= 11 is 0.